The molecule has 1 amide bonds. The fourth-order valence-corrected chi connectivity index (χ4v) is 6.29. The Labute approximate surface area is 182 Å². The standard InChI is InChI=1S/C22H25ClN2O4S/c1-15-12-16-6-3-4-8-20(16)25(15)22(26)17-7-5-11-24(14-17)30(27,28)18-9-10-21(29-2)19(23)13-18/h3-4,6,8-10,13,15,17H,5,7,11-12,14H2,1-2H3. The monoisotopic (exact) mass is 448 g/mol. The smallest absolute Gasteiger partial charge is 0.243 e. The number of piperidine rings is 1. The first kappa shape index (κ1) is 21.2. The Morgan fingerprint density at radius 2 is 1.97 bits per heavy atom. The molecular formula is C22H25ClN2O4S. The molecule has 6 nitrogen and oxygen atoms in total. The van der Waals surface area contributed by atoms with Gasteiger partial charge < -0.3 is 9.64 Å². The molecule has 2 aliphatic heterocycles. The number of benzene rings is 2. The third kappa shape index (κ3) is 3.70. The summed E-state index contributed by atoms with van der Waals surface area (Å²) in [5.74, 6) is 0.0555. The number of ether oxygens (including phenoxy) is 1. The van der Waals surface area contributed by atoms with E-state index in [2.05, 4.69) is 0 Å². The number of anilines is 1. The van der Waals surface area contributed by atoms with Crippen molar-refractivity contribution in [2.45, 2.75) is 37.1 Å². The summed E-state index contributed by atoms with van der Waals surface area (Å²) in [4.78, 5) is 15.3. The van der Waals surface area contributed by atoms with E-state index in [-0.39, 0.29) is 34.3 Å². The molecule has 0 N–H and O–H groups in total. The van der Waals surface area contributed by atoms with Crippen molar-refractivity contribution in [1.29, 1.82) is 0 Å². The van der Waals surface area contributed by atoms with Crippen LogP contribution in [0.25, 0.3) is 0 Å². The van der Waals surface area contributed by atoms with Gasteiger partial charge in [0, 0.05) is 24.8 Å². The molecule has 2 aromatic rings. The van der Waals surface area contributed by atoms with Gasteiger partial charge in [0.1, 0.15) is 5.75 Å². The average molecular weight is 449 g/mol. The van der Waals surface area contributed by atoms with Crippen molar-refractivity contribution in [2.75, 3.05) is 25.1 Å². The Hall–Kier alpha value is -2.09. The van der Waals surface area contributed by atoms with Gasteiger partial charge in [0.25, 0.3) is 0 Å². The molecule has 0 aromatic heterocycles. The number of fused-ring (bicyclic) bond motifs is 1. The van der Waals surface area contributed by atoms with Crippen LogP contribution in [0.2, 0.25) is 5.02 Å². The van der Waals surface area contributed by atoms with Crippen molar-refractivity contribution in [3.8, 4) is 5.75 Å². The lowest BCUT2D eigenvalue weighted by molar-refractivity contribution is -0.123. The van der Waals surface area contributed by atoms with Crippen LogP contribution in [0.1, 0.15) is 25.3 Å². The molecule has 160 valence electrons. The van der Waals surface area contributed by atoms with Crippen LogP contribution >= 0.6 is 11.6 Å². The van der Waals surface area contributed by atoms with E-state index >= 15 is 0 Å². The van der Waals surface area contributed by atoms with Crippen LogP contribution in [0.3, 0.4) is 0 Å². The zero-order valence-electron chi connectivity index (χ0n) is 17.0. The summed E-state index contributed by atoms with van der Waals surface area (Å²) < 4.78 is 32.9. The largest absolute Gasteiger partial charge is 0.495 e. The maximum atomic E-state index is 13.4. The summed E-state index contributed by atoms with van der Waals surface area (Å²) in [6.07, 6.45) is 2.14. The lowest BCUT2D eigenvalue weighted by Gasteiger charge is -2.34. The number of halogens is 1. The number of amides is 1. The van der Waals surface area contributed by atoms with Gasteiger partial charge in [0.15, 0.2) is 0 Å². The second-order valence-corrected chi connectivity index (χ2v) is 10.2. The predicted molar refractivity (Wildman–Crippen MR) is 117 cm³/mol. The zero-order valence-corrected chi connectivity index (χ0v) is 18.6. The highest BCUT2D eigenvalue weighted by molar-refractivity contribution is 7.89. The summed E-state index contributed by atoms with van der Waals surface area (Å²) in [6.45, 7) is 2.60. The second kappa shape index (κ2) is 8.21. The van der Waals surface area contributed by atoms with Crippen LogP contribution in [0, 0.1) is 5.92 Å². The fourth-order valence-electron chi connectivity index (χ4n) is 4.42. The maximum Gasteiger partial charge on any atom is 0.243 e. The van der Waals surface area contributed by atoms with Gasteiger partial charge in [-0.25, -0.2) is 8.42 Å². The third-order valence-corrected chi connectivity index (χ3v) is 8.10. The Bertz CT molecular complexity index is 1070. The molecule has 0 aliphatic carbocycles. The van der Waals surface area contributed by atoms with Crippen LogP contribution in [-0.4, -0.2) is 44.9 Å². The number of hydrogen-bond acceptors (Lipinski definition) is 4. The Kier molecular flexibility index (Phi) is 5.79. The second-order valence-electron chi connectivity index (χ2n) is 7.89. The van der Waals surface area contributed by atoms with Crippen LogP contribution < -0.4 is 9.64 Å². The summed E-state index contributed by atoms with van der Waals surface area (Å²) >= 11 is 6.13. The average Bonchev–Trinajstić information content (AvgIpc) is 3.08. The van der Waals surface area contributed by atoms with E-state index in [9.17, 15) is 13.2 Å². The van der Waals surface area contributed by atoms with Crippen LogP contribution in [-0.2, 0) is 21.2 Å². The lowest BCUT2D eigenvalue weighted by atomic mass is 9.97. The Morgan fingerprint density at radius 1 is 1.20 bits per heavy atom. The molecule has 2 unspecified atom stereocenters. The minimum absolute atomic E-state index is 0.000105. The summed E-state index contributed by atoms with van der Waals surface area (Å²) in [5.41, 5.74) is 2.10. The molecule has 1 fully saturated rings. The van der Waals surface area contributed by atoms with E-state index in [1.54, 1.807) is 6.07 Å². The highest BCUT2D eigenvalue weighted by Gasteiger charge is 2.39. The van der Waals surface area contributed by atoms with Crippen molar-refractivity contribution >= 4 is 33.2 Å². The molecule has 4 rings (SSSR count). The van der Waals surface area contributed by atoms with Crippen molar-refractivity contribution in [2.24, 2.45) is 5.92 Å². The van der Waals surface area contributed by atoms with Gasteiger partial charge in [-0.1, -0.05) is 29.8 Å². The molecule has 8 heteroatoms. The molecule has 2 aliphatic rings. The van der Waals surface area contributed by atoms with Gasteiger partial charge >= 0.3 is 0 Å². The van der Waals surface area contributed by atoms with E-state index in [4.69, 9.17) is 16.3 Å². The minimum Gasteiger partial charge on any atom is -0.495 e. The molecule has 0 saturated carbocycles. The van der Waals surface area contributed by atoms with Gasteiger partial charge in [0.05, 0.1) is 22.9 Å². The topological polar surface area (TPSA) is 66.9 Å². The number of carbonyl (C=O) groups excluding carboxylic acids is 1. The number of rotatable bonds is 4. The van der Waals surface area contributed by atoms with Gasteiger partial charge in [-0.2, -0.15) is 4.31 Å². The first-order valence-corrected chi connectivity index (χ1v) is 11.9. The maximum absolute atomic E-state index is 13.4. The number of sulfonamides is 1. The highest BCUT2D eigenvalue weighted by Crippen LogP contribution is 2.35. The SMILES string of the molecule is COc1ccc(S(=O)(=O)N2CCCC(C(=O)N3c4ccccc4CC3C)C2)cc1Cl. The van der Waals surface area contributed by atoms with Crippen LogP contribution in [0.5, 0.6) is 5.75 Å². The van der Waals surface area contributed by atoms with E-state index in [1.807, 2.05) is 36.1 Å². The van der Waals surface area contributed by atoms with Crippen LogP contribution in [0.4, 0.5) is 5.69 Å². The molecule has 0 radical (unpaired) electrons. The number of hydrogen-bond donors (Lipinski definition) is 0. The first-order chi connectivity index (χ1) is 14.3. The molecule has 2 heterocycles. The van der Waals surface area contributed by atoms with Crippen molar-refractivity contribution in [3.63, 3.8) is 0 Å². The highest BCUT2D eigenvalue weighted by atomic mass is 35.5. The molecular weight excluding hydrogens is 424 g/mol. The molecule has 2 aromatic carbocycles. The Morgan fingerprint density at radius 3 is 2.70 bits per heavy atom. The number of nitrogens with zero attached hydrogens (tertiary/aromatic N) is 2. The summed E-state index contributed by atoms with van der Waals surface area (Å²) in [7, 11) is -2.27. The molecule has 0 spiro atoms. The fraction of sp³-hybridized carbons (Fsp3) is 0.409. The zero-order chi connectivity index (χ0) is 21.5. The quantitative estimate of drug-likeness (QED) is 0.714. The number of carbonyl (C=O) groups is 1. The normalized spacial score (nSPS) is 22.0. The third-order valence-electron chi connectivity index (χ3n) is 5.94. The van der Waals surface area contributed by atoms with E-state index in [0.717, 1.165) is 17.7 Å². The lowest BCUT2D eigenvalue weighted by Crippen LogP contribution is -2.48. The van der Waals surface area contributed by atoms with Gasteiger partial charge in [-0.3, -0.25) is 4.79 Å². The minimum atomic E-state index is -3.75. The molecule has 30 heavy (non-hydrogen) atoms. The first-order valence-electron chi connectivity index (χ1n) is 10.1. The summed E-state index contributed by atoms with van der Waals surface area (Å²) in [6, 6.07) is 12.4. The molecule has 1 saturated heterocycles. The van der Waals surface area contributed by atoms with Crippen molar-refractivity contribution < 1.29 is 17.9 Å². The molecule has 2 atom stereocenters. The summed E-state index contributed by atoms with van der Waals surface area (Å²) in [5, 5.41) is 0.241. The van der Waals surface area contributed by atoms with Gasteiger partial charge in [-0.05, 0) is 56.0 Å². The van der Waals surface area contributed by atoms with Crippen molar-refractivity contribution in [3.05, 3.63) is 53.1 Å². The predicted octanol–water partition coefficient (Wildman–Crippen LogP) is 3.73. The van der Waals surface area contributed by atoms with Gasteiger partial charge in [0.2, 0.25) is 15.9 Å². The number of para-hydroxylation sites is 1. The van der Waals surface area contributed by atoms with Crippen molar-refractivity contribution in [1.82, 2.24) is 4.31 Å². The van der Waals surface area contributed by atoms with Gasteiger partial charge in [-0.15, -0.1) is 0 Å². The molecule has 0 bridgehead atoms. The van der Waals surface area contributed by atoms with E-state index in [0.29, 0.717) is 25.1 Å². The number of methoxy groups -OCH3 is 1. The Balaban J connectivity index is 1.56. The van der Waals surface area contributed by atoms with Crippen LogP contribution in [0.15, 0.2) is 47.4 Å². The van der Waals surface area contributed by atoms with E-state index < -0.39 is 10.0 Å². The van der Waals surface area contributed by atoms with E-state index in [1.165, 1.54) is 23.5 Å².